The van der Waals surface area contributed by atoms with Crippen LogP contribution in [-0.2, 0) is 0 Å². The first kappa shape index (κ1) is 16.9. The van der Waals surface area contributed by atoms with Gasteiger partial charge in [-0.25, -0.2) is 0 Å². The number of aliphatic hydroxyl groups excluding tert-OH is 1. The van der Waals surface area contributed by atoms with Crippen molar-refractivity contribution < 1.29 is 9.90 Å². The summed E-state index contributed by atoms with van der Waals surface area (Å²) in [6, 6.07) is 11.6. The maximum Gasteiger partial charge on any atom is 0.255 e. The molecule has 23 heavy (non-hydrogen) atoms. The molecule has 1 aliphatic heterocycles. The molecule has 0 saturated carbocycles. The SMILES string of the molecule is O=C(c1ccccc1I)N1CCN(CC(O)c2cccs2)CC1. The van der Waals surface area contributed by atoms with Crippen LogP contribution >= 0.6 is 33.9 Å². The van der Waals surface area contributed by atoms with E-state index in [1.807, 2.05) is 46.7 Å². The smallest absolute Gasteiger partial charge is 0.255 e. The first-order valence-electron chi connectivity index (χ1n) is 7.63. The summed E-state index contributed by atoms with van der Waals surface area (Å²) in [7, 11) is 0. The normalized spacial score (nSPS) is 17.2. The minimum Gasteiger partial charge on any atom is -0.386 e. The highest BCUT2D eigenvalue weighted by atomic mass is 127. The highest BCUT2D eigenvalue weighted by molar-refractivity contribution is 14.1. The molecule has 0 radical (unpaired) electrons. The largest absolute Gasteiger partial charge is 0.386 e. The summed E-state index contributed by atoms with van der Waals surface area (Å²) in [4.78, 5) is 17.7. The Kier molecular flexibility index (Phi) is 5.68. The van der Waals surface area contributed by atoms with Crippen LogP contribution in [0.5, 0.6) is 0 Å². The van der Waals surface area contributed by atoms with Gasteiger partial charge in [-0.1, -0.05) is 18.2 Å². The first-order valence-corrected chi connectivity index (χ1v) is 9.58. The monoisotopic (exact) mass is 442 g/mol. The quantitative estimate of drug-likeness (QED) is 0.741. The molecule has 2 heterocycles. The Bertz CT molecular complexity index is 654. The molecule has 0 bridgehead atoms. The van der Waals surface area contributed by atoms with Gasteiger partial charge in [0, 0.05) is 41.2 Å². The van der Waals surface area contributed by atoms with Crippen molar-refractivity contribution in [2.45, 2.75) is 6.10 Å². The van der Waals surface area contributed by atoms with Crippen LogP contribution in [0.4, 0.5) is 0 Å². The summed E-state index contributed by atoms with van der Waals surface area (Å²) in [5, 5.41) is 12.2. The number of amides is 1. The molecule has 4 nitrogen and oxygen atoms in total. The molecule has 1 atom stereocenters. The number of nitrogens with zero attached hydrogens (tertiary/aromatic N) is 2. The molecule has 0 spiro atoms. The van der Waals surface area contributed by atoms with E-state index >= 15 is 0 Å². The number of piperazine rings is 1. The highest BCUT2D eigenvalue weighted by Gasteiger charge is 2.24. The number of carbonyl (C=O) groups excluding carboxylic acids is 1. The standard InChI is InChI=1S/C17H19IN2O2S/c18-14-5-2-1-4-13(14)17(22)20-9-7-19(8-10-20)12-15(21)16-6-3-11-23-16/h1-6,11,15,21H,7-10,12H2. The maximum absolute atomic E-state index is 12.6. The van der Waals surface area contributed by atoms with Crippen LogP contribution in [0.3, 0.4) is 0 Å². The van der Waals surface area contributed by atoms with Crippen LogP contribution in [0.2, 0.25) is 0 Å². The number of hydrogen-bond acceptors (Lipinski definition) is 4. The molecule has 1 N–H and O–H groups in total. The van der Waals surface area contributed by atoms with Gasteiger partial charge in [-0.2, -0.15) is 0 Å². The van der Waals surface area contributed by atoms with Crippen LogP contribution in [0.25, 0.3) is 0 Å². The van der Waals surface area contributed by atoms with Gasteiger partial charge < -0.3 is 10.0 Å². The van der Waals surface area contributed by atoms with E-state index < -0.39 is 6.10 Å². The third kappa shape index (κ3) is 4.12. The number of hydrogen-bond donors (Lipinski definition) is 1. The summed E-state index contributed by atoms with van der Waals surface area (Å²) >= 11 is 3.79. The van der Waals surface area contributed by atoms with E-state index in [9.17, 15) is 9.90 Å². The fraction of sp³-hybridized carbons (Fsp3) is 0.353. The third-order valence-corrected chi connectivity index (χ3v) is 5.98. The van der Waals surface area contributed by atoms with Gasteiger partial charge in [-0.05, 0) is 46.2 Å². The van der Waals surface area contributed by atoms with Crippen molar-refractivity contribution in [1.29, 1.82) is 0 Å². The molecule has 6 heteroatoms. The molecule has 0 aliphatic carbocycles. The van der Waals surface area contributed by atoms with E-state index in [0.29, 0.717) is 19.6 Å². The lowest BCUT2D eigenvalue weighted by atomic mass is 10.1. The number of thiophene rings is 1. The Morgan fingerprint density at radius 2 is 1.91 bits per heavy atom. The lowest BCUT2D eigenvalue weighted by Gasteiger charge is -2.35. The van der Waals surface area contributed by atoms with Crippen molar-refractivity contribution >= 4 is 39.8 Å². The number of halogens is 1. The maximum atomic E-state index is 12.6. The Morgan fingerprint density at radius 1 is 1.17 bits per heavy atom. The number of rotatable bonds is 4. The fourth-order valence-electron chi connectivity index (χ4n) is 2.75. The van der Waals surface area contributed by atoms with Crippen LogP contribution in [0, 0.1) is 3.57 Å². The fourth-order valence-corrected chi connectivity index (χ4v) is 4.08. The molecule has 1 aromatic heterocycles. The second-order valence-electron chi connectivity index (χ2n) is 5.60. The van der Waals surface area contributed by atoms with Crippen molar-refractivity contribution in [1.82, 2.24) is 9.80 Å². The number of carbonyl (C=O) groups is 1. The van der Waals surface area contributed by atoms with Gasteiger partial charge >= 0.3 is 0 Å². The predicted octanol–water partition coefficient (Wildman–Crippen LogP) is 2.84. The van der Waals surface area contributed by atoms with Gasteiger partial charge in [-0.3, -0.25) is 9.69 Å². The molecular formula is C17H19IN2O2S. The molecule has 1 unspecified atom stereocenters. The van der Waals surface area contributed by atoms with Gasteiger partial charge in [0.1, 0.15) is 6.10 Å². The van der Waals surface area contributed by atoms with Gasteiger partial charge in [0.2, 0.25) is 0 Å². The van der Waals surface area contributed by atoms with Crippen molar-refractivity contribution in [3.63, 3.8) is 0 Å². The van der Waals surface area contributed by atoms with Gasteiger partial charge in [0.25, 0.3) is 5.91 Å². The minimum atomic E-state index is -0.438. The van der Waals surface area contributed by atoms with Crippen molar-refractivity contribution in [3.05, 3.63) is 55.8 Å². The Labute approximate surface area is 153 Å². The average Bonchev–Trinajstić information content (AvgIpc) is 3.10. The molecule has 1 saturated heterocycles. The molecular weight excluding hydrogens is 423 g/mol. The predicted molar refractivity (Wildman–Crippen MR) is 101 cm³/mol. The van der Waals surface area contributed by atoms with Crippen molar-refractivity contribution in [3.8, 4) is 0 Å². The van der Waals surface area contributed by atoms with Crippen LogP contribution in [0.1, 0.15) is 21.3 Å². The van der Waals surface area contributed by atoms with Crippen LogP contribution < -0.4 is 0 Å². The number of β-amino-alcohol motifs (C(OH)–C–C–N with tert-alkyl or cyclic N) is 1. The summed E-state index contributed by atoms with van der Waals surface area (Å²) < 4.78 is 0.991. The summed E-state index contributed by atoms with van der Waals surface area (Å²) in [6.45, 7) is 3.66. The molecule has 1 aliphatic rings. The van der Waals surface area contributed by atoms with Crippen molar-refractivity contribution in [2.75, 3.05) is 32.7 Å². The zero-order chi connectivity index (χ0) is 16.2. The number of aliphatic hydroxyl groups is 1. The van der Waals surface area contributed by atoms with E-state index in [1.54, 1.807) is 11.3 Å². The second kappa shape index (κ2) is 7.74. The van der Waals surface area contributed by atoms with E-state index in [2.05, 4.69) is 27.5 Å². The zero-order valence-electron chi connectivity index (χ0n) is 12.7. The van der Waals surface area contributed by atoms with E-state index in [1.165, 1.54) is 0 Å². The van der Waals surface area contributed by atoms with E-state index in [-0.39, 0.29) is 5.91 Å². The molecule has 1 fully saturated rings. The number of benzene rings is 1. The van der Waals surface area contributed by atoms with Crippen LogP contribution in [0.15, 0.2) is 41.8 Å². The zero-order valence-corrected chi connectivity index (χ0v) is 15.7. The van der Waals surface area contributed by atoms with E-state index in [0.717, 1.165) is 27.1 Å². The topological polar surface area (TPSA) is 43.8 Å². The summed E-state index contributed by atoms with van der Waals surface area (Å²) in [5.41, 5.74) is 0.778. The summed E-state index contributed by atoms with van der Waals surface area (Å²) in [6.07, 6.45) is -0.438. The lowest BCUT2D eigenvalue weighted by Crippen LogP contribution is -2.49. The Balaban J connectivity index is 1.54. The van der Waals surface area contributed by atoms with Crippen molar-refractivity contribution in [2.24, 2.45) is 0 Å². The van der Waals surface area contributed by atoms with Crippen LogP contribution in [-0.4, -0.2) is 53.5 Å². The first-order chi connectivity index (χ1) is 11.1. The molecule has 1 aromatic carbocycles. The molecule has 122 valence electrons. The molecule has 2 aromatic rings. The van der Waals surface area contributed by atoms with Gasteiger partial charge in [0.05, 0.1) is 5.56 Å². The third-order valence-electron chi connectivity index (χ3n) is 4.07. The van der Waals surface area contributed by atoms with Gasteiger partial charge in [0.15, 0.2) is 0 Å². The molecule has 3 rings (SSSR count). The lowest BCUT2D eigenvalue weighted by molar-refractivity contribution is 0.0532. The average molecular weight is 442 g/mol. The Hall–Kier alpha value is -0.960. The van der Waals surface area contributed by atoms with E-state index in [4.69, 9.17) is 0 Å². The Morgan fingerprint density at radius 3 is 2.57 bits per heavy atom. The minimum absolute atomic E-state index is 0.105. The summed E-state index contributed by atoms with van der Waals surface area (Å²) in [5.74, 6) is 0.105. The van der Waals surface area contributed by atoms with Gasteiger partial charge in [-0.15, -0.1) is 11.3 Å². The second-order valence-corrected chi connectivity index (χ2v) is 7.75. The molecule has 1 amide bonds. The highest BCUT2D eigenvalue weighted by Crippen LogP contribution is 2.21.